The zero-order valence-electron chi connectivity index (χ0n) is 8.52. The van der Waals surface area contributed by atoms with Crippen LogP contribution in [0, 0.1) is 0 Å². The number of nitrogens with one attached hydrogen (secondary N) is 2. The molecule has 0 aliphatic heterocycles. The first-order valence-corrected chi connectivity index (χ1v) is 5.69. The second-order valence-corrected chi connectivity index (χ2v) is 4.04. The van der Waals surface area contributed by atoms with E-state index in [0.29, 0.717) is 0 Å². The van der Waals surface area contributed by atoms with Gasteiger partial charge in [0.05, 0.1) is 4.47 Å². The molecule has 0 saturated carbocycles. The molecule has 84 valence electrons. The lowest BCUT2D eigenvalue weighted by Gasteiger charge is -2.05. The fraction of sp³-hybridized carbons (Fsp3) is 0.333. The molecule has 7 heteroatoms. The Morgan fingerprint density at radius 3 is 3.00 bits per heavy atom. The zero-order valence-corrected chi connectivity index (χ0v) is 10.1. The molecule has 6 nitrogen and oxygen atoms in total. The van der Waals surface area contributed by atoms with E-state index in [4.69, 9.17) is 0 Å². The van der Waals surface area contributed by atoms with Crippen molar-refractivity contribution in [1.29, 1.82) is 0 Å². The van der Waals surface area contributed by atoms with Gasteiger partial charge in [-0.05, 0) is 22.4 Å². The third kappa shape index (κ3) is 2.99. The molecule has 0 atom stereocenters. The molecule has 2 heterocycles. The lowest BCUT2D eigenvalue weighted by Crippen LogP contribution is -2.05. The van der Waals surface area contributed by atoms with E-state index in [1.807, 2.05) is 0 Å². The van der Waals surface area contributed by atoms with Crippen LogP contribution < -0.4 is 5.32 Å². The van der Waals surface area contributed by atoms with Gasteiger partial charge in [0.25, 0.3) is 0 Å². The topological polar surface area (TPSA) is 79.4 Å². The van der Waals surface area contributed by atoms with Gasteiger partial charge in [-0.15, -0.1) is 0 Å². The monoisotopic (exact) mass is 282 g/mol. The number of aromatic amines is 1. The van der Waals surface area contributed by atoms with E-state index in [9.17, 15) is 0 Å². The van der Waals surface area contributed by atoms with Crippen LogP contribution in [-0.2, 0) is 6.42 Å². The second-order valence-electron chi connectivity index (χ2n) is 3.18. The number of halogens is 1. The first kappa shape index (κ1) is 11.0. The summed E-state index contributed by atoms with van der Waals surface area (Å²) in [5, 5.41) is 9.83. The average molecular weight is 283 g/mol. The summed E-state index contributed by atoms with van der Waals surface area (Å²) in [7, 11) is 0. The van der Waals surface area contributed by atoms with Gasteiger partial charge in [0.2, 0.25) is 0 Å². The lowest BCUT2D eigenvalue weighted by molar-refractivity contribution is 0.802. The summed E-state index contributed by atoms with van der Waals surface area (Å²) in [6, 6.07) is 0. The number of anilines is 1. The fourth-order valence-corrected chi connectivity index (χ4v) is 1.62. The average Bonchev–Trinajstić information content (AvgIpc) is 2.79. The molecule has 0 unspecified atom stereocenters. The molecule has 0 amide bonds. The van der Waals surface area contributed by atoms with Gasteiger partial charge in [0.1, 0.15) is 24.3 Å². The molecule has 0 saturated heterocycles. The Kier molecular flexibility index (Phi) is 3.81. The van der Waals surface area contributed by atoms with E-state index in [2.05, 4.69) is 46.4 Å². The Balaban J connectivity index is 1.74. The minimum Gasteiger partial charge on any atom is -0.369 e. The maximum atomic E-state index is 4.11. The zero-order chi connectivity index (χ0) is 11.2. The van der Waals surface area contributed by atoms with Gasteiger partial charge < -0.3 is 5.32 Å². The quantitative estimate of drug-likeness (QED) is 0.811. The summed E-state index contributed by atoms with van der Waals surface area (Å²) in [6.07, 6.45) is 6.58. The molecule has 0 fully saturated rings. The molecule has 16 heavy (non-hydrogen) atoms. The smallest absolute Gasteiger partial charge is 0.143 e. The van der Waals surface area contributed by atoms with Gasteiger partial charge in [-0.25, -0.2) is 15.0 Å². The van der Waals surface area contributed by atoms with Crippen molar-refractivity contribution in [2.24, 2.45) is 0 Å². The van der Waals surface area contributed by atoms with Crippen LogP contribution in [0.15, 0.2) is 23.3 Å². The predicted octanol–water partition coefficient (Wildman–Crippen LogP) is 1.40. The van der Waals surface area contributed by atoms with Gasteiger partial charge >= 0.3 is 0 Å². The van der Waals surface area contributed by atoms with Crippen molar-refractivity contribution in [3.8, 4) is 0 Å². The highest BCUT2D eigenvalue weighted by Crippen LogP contribution is 2.16. The molecule has 2 aromatic heterocycles. The molecule has 0 radical (unpaired) electrons. The third-order valence-electron chi connectivity index (χ3n) is 2.02. The van der Waals surface area contributed by atoms with Crippen LogP contribution in [0.5, 0.6) is 0 Å². The first-order valence-electron chi connectivity index (χ1n) is 4.90. The Morgan fingerprint density at radius 2 is 2.25 bits per heavy atom. The molecular formula is C9H11BrN6. The third-order valence-corrected chi connectivity index (χ3v) is 2.60. The number of hydrogen-bond acceptors (Lipinski definition) is 5. The molecule has 2 aromatic rings. The highest BCUT2D eigenvalue weighted by Gasteiger charge is 2.00. The summed E-state index contributed by atoms with van der Waals surface area (Å²) in [5.41, 5.74) is 0. The molecule has 2 N–H and O–H groups in total. The number of hydrogen-bond donors (Lipinski definition) is 2. The number of aryl methyl sites for hydroxylation is 1. The van der Waals surface area contributed by atoms with Crippen molar-refractivity contribution in [2.45, 2.75) is 12.8 Å². The lowest BCUT2D eigenvalue weighted by atomic mass is 10.3. The van der Waals surface area contributed by atoms with Crippen LogP contribution in [0.4, 0.5) is 5.82 Å². The van der Waals surface area contributed by atoms with Gasteiger partial charge in [-0.2, -0.15) is 5.10 Å². The van der Waals surface area contributed by atoms with E-state index in [-0.39, 0.29) is 0 Å². The number of rotatable bonds is 5. The van der Waals surface area contributed by atoms with Crippen molar-refractivity contribution in [3.05, 3.63) is 29.1 Å². The summed E-state index contributed by atoms with van der Waals surface area (Å²) < 4.78 is 0.870. The Bertz CT molecular complexity index is 429. The molecule has 0 aromatic carbocycles. The Morgan fingerprint density at radius 1 is 1.31 bits per heavy atom. The standard InChI is InChI=1S/C9H11BrN6/c10-7-4-11-5-14-9(7)12-3-1-2-8-13-6-15-16-8/h4-6H,1-3H2,(H,11,12,14)(H,13,15,16). The van der Waals surface area contributed by atoms with E-state index >= 15 is 0 Å². The van der Waals surface area contributed by atoms with Gasteiger partial charge in [-0.1, -0.05) is 0 Å². The van der Waals surface area contributed by atoms with Crippen molar-refractivity contribution < 1.29 is 0 Å². The second kappa shape index (κ2) is 5.55. The number of H-pyrrole nitrogens is 1. The van der Waals surface area contributed by atoms with Crippen LogP contribution in [-0.4, -0.2) is 31.7 Å². The summed E-state index contributed by atoms with van der Waals surface area (Å²) in [5.74, 6) is 1.72. The maximum absolute atomic E-state index is 4.11. The molecule has 0 bridgehead atoms. The number of aromatic nitrogens is 5. The van der Waals surface area contributed by atoms with E-state index < -0.39 is 0 Å². The van der Waals surface area contributed by atoms with Gasteiger partial charge in [0.15, 0.2) is 0 Å². The van der Waals surface area contributed by atoms with Crippen molar-refractivity contribution in [1.82, 2.24) is 25.1 Å². The highest BCUT2D eigenvalue weighted by atomic mass is 79.9. The van der Waals surface area contributed by atoms with E-state index in [0.717, 1.165) is 35.5 Å². The van der Waals surface area contributed by atoms with Crippen LogP contribution >= 0.6 is 15.9 Å². The molecule has 0 aliphatic carbocycles. The van der Waals surface area contributed by atoms with Gasteiger partial charge in [-0.3, -0.25) is 5.10 Å². The number of nitrogens with zero attached hydrogens (tertiary/aromatic N) is 4. The van der Waals surface area contributed by atoms with Crippen molar-refractivity contribution in [2.75, 3.05) is 11.9 Å². The normalized spacial score (nSPS) is 10.3. The fourth-order valence-electron chi connectivity index (χ4n) is 1.26. The molecule has 0 aliphatic rings. The van der Waals surface area contributed by atoms with Crippen LogP contribution in [0.25, 0.3) is 0 Å². The van der Waals surface area contributed by atoms with E-state index in [1.54, 1.807) is 6.20 Å². The first-order chi connectivity index (χ1) is 7.86. The predicted molar refractivity (Wildman–Crippen MR) is 62.9 cm³/mol. The Labute approximate surface area is 101 Å². The molecular weight excluding hydrogens is 272 g/mol. The minimum absolute atomic E-state index is 0.813. The summed E-state index contributed by atoms with van der Waals surface area (Å²) in [4.78, 5) is 12.0. The molecule has 2 rings (SSSR count). The maximum Gasteiger partial charge on any atom is 0.143 e. The summed E-state index contributed by atoms with van der Waals surface area (Å²) >= 11 is 3.37. The minimum atomic E-state index is 0.813. The van der Waals surface area contributed by atoms with Crippen molar-refractivity contribution >= 4 is 21.7 Å². The summed E-state index contributed by atoms with van der Waals surface area (Å²) in [6.45, 7) is 0.830. The van der Waals surface area contributed by atoms with Crippen molar-refractivity contribution in [3.63, 3.8) is 0 Å². The molecule has 0 spiro atoms. The van der Waals surface area contributed by atoms with Crippen LogP contribution in [0.1, 0.15) is 12.2 Å². The highest BCUT2D eigenvalue weighted by molar-refractivity contribution is 9.10. The van der Waals surface area contributed by atoms with Gasteiger partial charge in [0, 0.05) is 19.2 Å². The largest absolute Gasteiger partial charge is 0.369 e. The Hall–Kier alpha value is -1.50. The van der Waals surface area contributed by atoms with E-state index in [1.165, 1.54) is 12.7 Å². The van der Waals surface area contributed by atoms with Crippen LogP contribution in [0.3, 0.4) is 0 Å². The van der Waals surface area contributed by atoms with Crippen LogP contribution in [0.2, 0.25) is 0 Å². The SMILES string of the molecule is Brc1cncnc1NCCCc1ncn[nH]1.